The monoisotopic (exact) mass is 229 g/mol. The Morgan fingerprint density at radius 2 is 2.06 bits per heavy atom. The fraction of sp³-hybridized carbons (Fsp3) is 0.231. The van der Waals surface area contributed by atoms with Gasteiger partial charge >= 0.3 is 0 Å². The Labute approximate surface area is 99.8 Å². The molecule has 1 aromatic heterocycles. The van der Waals surface area contributed by atoms with Crippen molar-refractivity contribution in [1.82, 2.24) is 5.16 Å². The van der Waals surface area contributed by atoms with Crippen molar-refractivity contribution in [1.29, 1.82) is 0 Å². The number of para-hydroxylation sites is 1. The summed E-state index contributed by atoms with van der Waals surface area (Å²) in [6.45, 7) is 3.69. The zero-order valence-corrected chi connectivity index (χ0v) is 9.75. The average molecular weight is 229 g/mol. The molecule has 2 rings (SSSR count). The van der Waals surface area contributed by atoms with Gasteiger partial charge in [-0.3, -0.25) is 4.79 Å². The van der Waals surface area contributed by atoms with Crippen LogP contribution in [0, 0.1) is 12.1 Å². The minimum absolute atomic E-state index is 0.0404. The van der Waals surface area contributed by atoms with Gasteiger partial charge in [0.1, 0.15) is 6.20 Å². The third-order valence-corrected chi connectivity index (χ3v) is 2.33. The van der Waals surface area contributed by atoms with Crippen molar-refractivity contribution in [3.8, 4) is 0 Å². The molecule has 0 saturated carbocycles. The molecule has 0 unspecified atom stereocenters. The van der Waals surface area contributed by atoms with E-state index in [4.69, 9.17) is 4.52 Å². The van der Waals surface area contributed by atoms with Crippen molar-refractivity contribution in [2.24, 2.45) is 5.92 Å². The van der Waals surface area contributed by atoms with Gasteiger partial charge in [-0.2, -0.15) is 0 Å². The van der Waals surface area contributed by atoms with Crippen molar-refractivity contribution in [2.45, 2.75) is 13.8 Å². The normalized spacial score (nSPS) is 10.5. The molecule has 0 aliphatic carbocycles. The predicted octanol–water partition coefficient (Wildman–Crippen LogP) is 2.80. The number of aromatic nitrogens is 1. The molecule has 0 saturated heterocycles. The van der Waals surface area contributed by atoms with Gasteiger partial charge in [0.05, 0.1) is 5.69 Å². The molecule has 17 heavy (non-hydrogen) atoms. The molecule has 4 heteroatoms. The molecule has 4 nitrogen and oxygen atoms in total. The highest BCUT2D eigenvalue weighted by Gasteiger charge is 2.23. The summed E-state index contributed by atoms with van der Waals surface area (Å²) in [5, 5.41) is 3.52. The van der Waals surface area contributed by atoms with Crippen molar-refractivity contribution in [2.75, 3.05) is 4.90 Å². The number of carbonyl (C=O) groups is 1. The van der Waals surface area contributed by atoms with E-state index in [0.29, 0.717) is 5.88 Å². The molecule has 1 amide bonds. The van der Waals surface area contributed by atoms with E-state index in [2.05, 4.69) is 11.4 Å². The lowest BCUT2D eigenvalue weighted by Crippen LogP contribution is -2.29. The molecule has 0 atom stereocenters. The van der Waals surface area contributed by atoms with Gasteiger partial charge in [0.15, 0.2) is 0 Å². The summed E-state index contributed by atoms with van der Waals surface area (Å²) in [6.07, 6.45) is 2.56. The lowest BCUT2D eigenvalue weighted by Gasteiger charge is -2.21. The summed E-state index contributed by atoms with van der Waals surface area (Å²) in [4.78, 5) is 13.7. The van der Waals surface area contributed by atoms with Crippen molar-refractivity contribution in [3.05, 3.63) is 42.6 Å². The maximum Gasteiger partial charge on any atom is 0.239 e. The highest BCUT2D eigenvalue weighted by atomic mass is 16.5. The van der Waals surface area contributed by atoms with Crippen LogP contribution in [0.25, 0.3) is 0 Å². The fourth-order valence-corrected chi connectivity index (χ4v) is 1.48. The zero-order valence-electron chi connectivity index (χ0n) is 9.75. The highest BCUT2D eigenvalue weighted by molar-refractivity contribution is 6.00. The number of carbonyl (C=O) groups excluding carboxylic acids is 1. The van der Waals surface area contributed by atoms with Crippen LogP contribution < -0.4 is 4.90 Å². The maximum absolute atomic E-state index is 12.2. The zero-order chi connectivity index (χ0) is 12.3. The van der Waals surface area contributed by atoms with Crippen molar-refractivity contribution in [3.63, 3.8) is 0 Å². The molecular weight excluding hydrogens is 216 g/mol. The summed E-state index contributed by atoms with van der Waals surface area (Å²) in [7, 11) is 0. The first-order valence-corrected chi connectivity index (χ1v) is 5.42. The third-order valence-electron chi connectivity index (χ3n) is 2.33. The second kappa shape index (κ2) is 4.82. The van der Waals surface area contributed by atoms with Crippen LogP contribution in [-0.4, -0.2) is 11.1 Å². The Kier molecular flexibility index (Phi) is 3.23. The van der Waals surface area contributed by atoms with E-state index in [-0.39, 0.29) is 11.8 Å². The number of hydrogen-bond donors (Lipinski definition) is 0. The molecule has 0 aliphatic heterocycles. The number of benzene rings is 1. The molecule has 0 fully saturated rings. The molecule has 1 heterocycles. The molecule has 2 aromatic rings. The van der Waals surface area contributed by atoms with Crippen molar-refractivity contribution >= 4 is 17.5 Å². The molecule has 0 bridgehead atoms. The van der Waals surface area contributed by atoms with E-state index in [1.165, 1.54) is 4.90 Å². The van der Waals surface area contributed by atoms with Gasteiger partial charge in [0.25, 0.3) is 0 Å². The largest absolute Gasteiger partial charge is 0.337 e. The van der Waals surface area contributed by atoms with E-state index >= 15 is 0 Å². The van der Waals surface area contributed by atoms with Gasteiger partial charge in [0.2, 0.25) is 11.8 Å². The van der Waals surface area contributed by atoms with Gasteiger partial charge in [-0.25, -0.2) is 4.90 Å². The summed E-state index contributed by atoms with van der Waals surface area (Å²) in [5.74, 6) is 0.219. The van der Waals surface area contributed by atoms with Crippen molar-refractivity contribution < 1.29 is 9.32 Å². The second-order valence-electron chi connectivity index (χ2n) is 3.96. The molecule has 0 spiro atoms. The van der Waals surface area contributed by atoms with Crippen LogP contribution in [0.15, 0.2) is 40.9 Å². The van der Waals surface area contributed by atoms with Gasteiger partial charge < -0.3 is 4.52 Å². The van der Waals surface area contributed by atoms with Crippen LogP contribution >= 0.6 is 0 Å². The summed E-state index contributed by atoms with van der Waals surface area (Å²) in [5.41, 5.74) is 0.761. The summed E-state index contributed by atoms with van der Waals surface area (Å²) in [6, 6.07) is 10.9. The number of hydrogen-bond acceptors (Lipinski definition) is 3. The van der Waals surface area contributed by atoms with Crippen LogP contribution in [0.1, 0.15) is 13.8 Å². The standard InChI is InChI=1S/C13H13N2O2/c1-10(2)13(16)15(12-8-9-14-17-12)11-6-4-3-5-7-11/h3-8,10H,1-2H3. The second-order valence-corrected chi connectivity index (χ2v) is 3.96. The summed E-state index contributed by atoms with van der Waals surface area (Å²) >= 11 is 0. The minimum Gasteiger partial charge on any atom is -0.337 e. The van der Waals surface area contributed by atoms with Crippen LogP contribution in [-0.2, 0) is 4.79 Å². The van der Waals surface area contributed by atoms with Gasteiger partial charge in [0, 0.05) is 12.0 Å². The van der Waals surface area contributed by atoms with Gasteiger partial charge in [-0.15, -0.1) is 0 Å². The predicted molar refractivity (Wildman–Crippen MR) is 63.8 cm³/mol. The Bertz CT molecular complexity index is 477. The van der Waals surface area contributed by atoms with E-state index in [9.17, 15) is 4.79 Å². The van der Waals surface area contributed by atoms with Crippen LogP contribution in [0.4, 0.5) is 11.6 Å². The number of nitrogens with zero attached hydrogens (tertiary/aromatic N) is 2. The first kappa shape index (κ1) is 11.4. The van der Waals surface area contributed by atoms with Gasteiger partial charge in [-0.05, 0) is 12.1 Å². The van der Waals surface area contributed by atoms with E-state index in [0.717, 1.165) is 5.69 Å². The molecule has 0 N–H and O–H groups in total. The molecule has 1 aromatic carbocycles. The fourth-order valence-electron chi connectivity index (χ4n) is 1.48. The number of rotatable bonds is 3. The van der Waals surface area contributed by atoms with Crippen LogP contribution in [0.3, 0.4) is 0 Å². The Morgan fingerprint density at radius 3 is 2.59 bits per heavy atom. The maximum atomic E-state index is 12.2. The number of anilines is 2. The topological polar surface area (TPSA) is 46.3 Å². The Hall–Kier alpha value is -2.10. The van der Waals surface area contributed by atoms with Gasteiger partial charge in [-0.1, -0.05) is 37.2 Å². The van der Waals surface area contributed by atoms with Crippen LogP contribution in [0.2, 0.25) is 0 Å². The first-order valence-electron chi connectivity index (χ1n) is 5.42. The molecule has 1 radical (unpaired) electrons. The first-order chi connectivity index (χ1) is 8.20. The van der Waals surface area contributed by atoms with Crippen LogP contribution in [0.5, 0.6) is 0 Å². The lowest BCUT2D eigenvalue weighted by atomic mass is 10.1. The summed E-state index contributed by atoms with van der Waals surface area (Å²) < 4.78 is 5.02. The highest BCUT2D eigenvalue weighted by Crippen LogP contribution is 2.26. The van der Waals surface area contributed by atoms with E-state index in [1.54, 1.807) is 6.07 Å². The number of amides is 1. The molecule has 87 valence electrons. The minimum atomic E-state index is -0.125. The lowest BCUT2D eigenvalue weighted by molar-refractivity contribution is -0.120. The average Bonchev–Trinajstić information content (AvgIpc) is 2.84. The quantitative estimate of drug-likeness (QED) is 0.813. The Morgan fingerprint density at radius 1 is 1.35 bits per heavy atom. The molecular formula is C13H13N2O2. The SMILES string of the molecule is CC(C)C(=O)N(c1ccccc1)c1c[c]no1. The van der Waals surface area contributed by atoms with E-state index in [1.807, 2.05) is 44.2 Å². The Balaban J connectivity index is 2.42. The molecule has 0 aliphatic rings. The smallest absolute Gasteiger partial charge is 0.239 e. The van der Waals surface area contributed by atoms with E-state index < -0.39 is 0 Å². The third kappa shape index (κ3) is 2.36.